The van der Waals surface area contributed by atoms with E-state index in [2.05, 4.69) is 35.4 Å². The molecule has 1 aliphatic carbocycles. The molecular formula is C17H25N3O2S. The van der Waals surface area contributed by atoms with Crippen molar-refractivity contribution in [1.82, 2.24) is 4.90 Å². The van der Waals surface area contributed by atoms with Crippen LogP contribution >= 0.6 is 0 Å². The molecule has 3 rings (SSSR count). The van der Waals surface area contributed by atoms with Gasteiger partial charge in [0.15, 0.2) is 0 Å². The maximum Gasteiger partial charge on any atom is 0.286 e. The number of anilines is 1. The molecule has 23 heavy (non-hydrogen) atoms. The normalized spacial score (nSPS) is 22.0. The lowest BCUT2D eigenvalue weighted by molar-refractivity contribution is 0.172. The predicted octanol–water partition coefficient (Wildman–Crippen LogP) is 3.10. The van der Waals surface area contributed by atoms with Gasteiger partial charge in [-0.15, -0.1) is 4.40 Å². The molecule has 6 heteroatoms. The molecule has 0 bridgehead atoms. The minimum absolute atomic E-state index is 0.261. The molecule has 2 aliphatic rings. The van der Waals surface area contributed by atoms with Crippen LogP contribution in [0, 0.1) is 5.92 Å². The largest absolute Gasteiger partial charge is 0.341 e. The highest BCUT2D eigenvalue weighted by molar-refractivity contribution is 7.90. The van der Waals surface area contributed by atoms with Gasteiger partial charge in [0.1, 0.15) is 10.7 Å². The van der Waals surface area contributed by atoms with Crippen LogP contribution in [-0.2, 0) is 10.0 Å². The summed E-state index contributed by atoms with van der Waals surface area (Å²) in [6, 6.07) is 7.92. The fourth-order valence-corrected chi connectivity index (χ4v) is 4.23. The van der Waals surface area contributed by atoms with E-state index in [-0.39, 0.29) is 4.90 Å². The second-order valence-corrected chi connectivity index (χ2v) is 8.24. The SMILES string of the molecule is CC[C@@H](C)[C@H](C)N(CC1=NS(=O)(=O)c2ccccc2N1)C1CC1. The van der Waals surface area contributed by atoms with Crippen molar-refractivity contribution < 1.29 is 8.42 Å². The Hall–Kier alpha value is -1.40. The number of amidine groups is 1. The van der Waals surface area contributed by atoms with Crippen molar-refractivity contribution in [2.24, 2.45) is 10.3 Å². The number of fused-ring (bicyclic) bond motifs is 1. The Morgan fingerprint density at radius 1 is 1.30 bits per heavy atom. The van der Waals surface area contributed by atoms with Crippen LogP contribution in [0.25, 0.3) is 0 Å². The van der Waals surface area contributed by atoms with Crippen LogP contribution in [0.2, 0.25) is 0 Å². The average molecular weight is 335 g/mol. The first kappa shape index (κ1) is 16.5. The zero-order valence-corrected chi connectivity index (χ0v) is 14.8. The van der Waals surface area contributed by atoms with Crippen molar-refractivity contribution in [2.45, 2.75) is 57.0 Å². The smallest absolute Gasteiger partial charge is 0.286 e. The molecule has 1 aromatic carbocycles. The van der Waals surface area contributed by atoms with E-state index in [9.17, 15) is 8.42 Å². The van der Waals surface area contributed by atoms with Crippen molar-refractivity contribution in [3.8, 4) is 0 Å². The molecule has 5 nitrogen and oxygen atoms in total. The number of para-hydroxylation sites is 1. The Labute approximate surface area is 138 Å². The summed E-state index contributed by atoms with van der Waals surface area (Å²) in [5, 5.41) is 3.21. The van der Waals surface area contributed by atoms with Gasteiger partial charge in [0.25, 0.3) is 10.0 Å². The molecular weight excluding hydrogens is 310 g/mol. The van der Waals surface area contributed by atoms with Crippen LogP contribution in [0.3, 0.4) is 0 Å². The fourth-order valence-electron chi connectivity index (χ4n) is 3.09. The highest BCUT2D eigenvalue weighted by atomic mass is 32.2. The second-order valence-electron chi connectivity index (χ2n) is 6.66. The maximum absolute atomic E-state index is 12.4. The lowest BCUT2D eigenvalue weighted by Crippen LogP contribution is -2.44. The second kappa shape index (κ2) is 6.24. The van der Waals surface area contributed by atoms with E-state index in [4.69, 9.17) is 0 Å². The molecule has 0 unspecified atom stereocenters. The van der Waals surface area contributed by atoms with Crippen LogP contribution in [0.4, 0.5) is 5.69 Å². The van der Waals surface area contributed by atoms with Crippen molar-refractivity contribution in [3.05, 3.63) is 24.3 Å². The summed E-state index contributed by atoms with van der Waals surface area (Å²) in [6.07, 6.45) is 3.50. The number of nitrogens with zero attached hydrogens (tertiary/aromatic N) is 2. The molecule has 1 heterocycles. The van der Waals surface area contributed by atoms with Gasteiger partial charge in [-0.2, -0.15) is 8.42 Å². The highest BCUT2D eigenvalue weighted by Gasteiger charge is 2.35. The molecule has 0 radical (unpaired) electrons. The zero-order valence-electron chi connectivity index (χ0n) is 14.0. The fraction of sp³-hybridized carbons (Fsp3) is 0.588. The van der Waals surface area contributed by atoms with E-state index in [1.165, 1.54) is 12.8 Å². The van der Waals surface area contributed by atoms with Crippen LogP contribution < -0.4 is 5.32 Å². The minimum Gasteiger partial charge on any atom is -0.341 e. The van der Waals surface area contributed by atoms with E-state index in [1.807, 2.05) is 6.07 Å². The number of rotatable bonds is 6. The Morgan fingerprint density at radius 2 is 2.00 bits per heavy atom. The molecule has 0 spiro atoms. The third-order valence-corrected chi connectivity index (χ3v) is 6.39. The Kier molecular flexibility index (Phi) is 4.47. The first-order chi connectivity index (χ1) is 10.9. The number of hydrogen-bond acceptors (Lipinski definition) is 4. The number of hydrogen-bond donors (Lipinski definition) is 1. The third kappa shape index (κ3) is 3.43. The molecule has 0 saturated heterocycles. The summed E-state index contributed by atoms with van der Waals surface area (Å²) >= 11 is 0. The Morgan fingerprint density at radius 3 is 2.65 bits per heavy atom. The van der Waals surface area contributed by atoms with Crippen LogP contribution in [0.15, 0.2) is 33.6 Å². The van der Waals surface area contributed by atoms with Gasteiger partial charge < -0.3 is 5.32 Å². The molecule has 1 aromatic rings. The Balaban J connectivity index is 1.83. The van der Waals surface area contributed by atoms with Crippen molar-refractivity contribution in [1.29, 1.82) is 0 Å². The minimum atomic E-state index is -3.59. The molecule has 126 valence electrons. The topological polar surface area (TPSA) is 61.8 Å². The van der Waals surface area contributed by atoms with Crippen LogP contribution in [0.1, 0.15) is 40.0 Å². The average Bonchev–Trinajstić information content (AvgIpc) is 3.35. The van der Waals surface area contributed by atoms with Gasteiger partial charge in [-0.05, 0) is 37.8 Å². The van der Waals surface area contributed by atoms with Crippen molar-refractivity contribution in [3.63, 3.8) is 0 Å². The molecule has 1 N–H and O–H groups in total. The molecule has 0 aromatic heterocycles. The van der Waals surface area contributed by atoms with Gasteiger partial charge in [-0.1, -0.05) is 32.4 Å². The third-order valence-electron chi connectivity index (χ3n) is 5.01. The number of sulfonamides is 1. The molecule has 1 saturated carbocycles. The lowest BCUT2D eigenvalue weighted by atomic mass is 9.99. The number of nitrogens with one attached hydrogen (secondary N) is 1. The van der Waals surface area contributed by atoms with Gasteiger partial charge >= 0.3 is 0 Å². The van der Waals surface area contributed by atoms with E-state index >= 15 is 0 Å². The van der Waals surface area contributed by atoms with Crippen LogP contribution in [-0.4, -0.2) is 37.8 Å². The summed E-state index contributed by atoms with van der Waals surface area (Å²) in [4.78, 5) is 2.67. The summed E-state index contributed by atoms with van der Waals surface area (Å²) in [7, 11) is -3.59. The van der Waals surface area contributed by atoms with Crippen molar-refractivity contribution >= 4 is 21.5 Å². The highest BCUT2D eigenvalue weighted by Crippen LogP contribution is 2.32. The molecule has 2 atom stereocenters. The standard InChI is InChI=1S/C17H25N3O2S/c1-4-12(2)13(3)20(14-9-10-14)11-17-18-15-7-5-6-8-16(15)23(21,22)19-17/h5-8,12-14H,4,9-11H2,1-3H3,(H,18,19)/t12-,13+/m1/s1. The molecule has 0 amide bonds. The Bertz CT molecular complexity index is 710. The zero-order chi connectivity index (χ0) is 16.6. The summed E-state index contributed by atoms with van der Waals surface area (Å²) < 4.78 is 28.7. The van der Waals surface area contributed by atoms with Gasteiger partial charge in [0.2, 0.25) is 0 Å². The van der Waals surface area contributed by atoms with Gasteiger partial charge in [0, 0.05) is 12.1 Å². The maximum atomic E-state index is 12.4. The lowest BCUT2D eigenvalue weighted by Gasteiger charge is -2.34. The van der Waals surface area contributed by atoms with E-state index in [0.29, 0.717) is 36.1 Å². The first-order valence-corrected chi connectivity index (χ1v) is 9.82. The van der Waals surface area contributed by atoms with E-state index in [0.717, 1.165) is 6.42 Å². The predicted molar refractivity (Wildman–Crippen MR) is 93.3 cm³/mol. The van der Waals surface area contributed by atoms with E-state index < -0.39 is 10.0 Å². The van der Waals surface area contributed by atoms with Crippen LogP contribution in [0.5, 0.6) is 0 Å². The van der Waals surface area contributed by atoms with E-state index in [1.54, 1.807) is 18.2 Å². The number of benzene rings is 1. The summed E-state index contributed by atoms with van der Waals surface area (Å²) in [5.74, 6) is 1.11. The molecule has 1 aliphatic heterocycles. The monoisotopic (exact) mass is 335 g/mol. The molecule has 1 fully saturated rings. The first-order valence-electron chi connectivity index (χ1n) is 8.38. The van der Waals surface area contributed by atoms with Gasteiger partial charge in [-0.25, -0.2) is 0 Å². The summed E-state index contributed by atoms with van der Waals surface area (Å²) in [6.45, 7) is 7.24. The van der Waals surface area contributed by atoms with Crippen molar-refractivity contribution in [2.75, 3.05) is 11.9 Å². The summed E-state index contributed by atoms with van der Waals surface area (Å²) in [5.41, 5.74) is 0.629. The van der Waals surface area contributed by atoms with Gasteiger partial charge in [0.05, 0.1) is 12.2 Å². The quantitative estimate of drug-likeness (QED) is 0.868. The van der Waals surface area contributed by atoms with Gasteiger partial charge in [-0.3, -0.25) is 4.90 Å².